The van der Waals surface area contributed by atoms with E-state index in [-0.39, 0.29) is 5.82 Å². The Bertz CT molecular complexity index is 514. The Morgan fingerprint density at radius 1 is 1.12 bits per heavy atom. The van der Waals surface area contributed by atoms with E-state index in [0.29, 0.717) is 11.4 Å². The van der Waals surface area contributed by atoms with Crippen LogP contribution in [0.4, 0.5) is 21.5 Å². The highest BCUT2D eigenvalue weighted by atomic mass is 79.9. The zero-order chi connectivity index (χ0) is 11.5. The van der Waals surface area contributed by atoms with Gasteiger partial charge in [-0.1, -0.05) is 22.0 Å². The molecule has 2 aromatic rings. The summed E-state index contributed by atoms with van der Waals surface area (Å²) in [5, 5.41) is 3.05. The maximum absolute atomic E-state index is 13.0. The summed E-state index contributed by atoms with van der Waals surface area (Å²) in [7, 11) is 0. The van der Waals surface area contributed by atoms with Gasteiger partial charge in [-0.25, -0.2) is 4.39 Å². The summed E-state index contributed by atoms with van der Waals surface area (Å²) in [6.45, 7) is 0. The molecule has 2 aromatic carbocycles. The summed E-state index contributed by atoms with van der Waals surface area (Å²) in [6, 6.07) is 11.7. The van der Waals surface area contributed by atoms with Crippen LogP contribution in [0, 0.1) is 5.82 Å². The molecule has 2 nitrogen and oxygen atoms in total. The molecule has 0 unspecified atom stereocenters. The summed E-state index contributed by atoms with van der Waals surface area (Å²) >= 11 is 3.33. The first-order valence-electron chi connectivity index (χ1n) is 4.73. The normalized spacial score (nSPS) is 10.1. The van der Waals surface area contributed by atoms with Gasteiger partial charge in [-0.15, -0.1) is 0 Å². The number of halogens is 2. The van der Waals surface area contributed by atoms with Crippen LogP contribution in [0.25, 0.3) is 0 Å². The SMILES string of the molecule is Nc1cc(Br)ccc1Nc1cccc(F)c1. The molecular formula is C12H10BrFN2. The average Bonchev–Trinajstić information content (AvgIpc) is 2.22. The molecule has 0 aliphatic carbocycles. The van der Waals surface area contributed by atoms with Crippen LogP contribution in [0.1, 0.15) is 0 Å². The molecule has 0 fully saturated rings. The molecule has 2 rings (SSSR count). The van der Waals surface area contributed by atoms with E-state index in [1.165, 1.54) is 12.1 Å². The predicted molar refractivity (Wildman–Crippen MR) is 68.2 cm³/mol. The molecule has 0 atom stereocenters. The third-order valence-corrected chi connectivity index (χ3v) is 2.61. The highest BCUT2D eigenvalue weighted by Gasteiger charge is 2.01. The number of anilines is 3. The number of benzene rings is 2. The molecule has 0 bridgehead atoms. The van der Waals surface area contributed by atoms with E-state index in [4.69, 9.17) is 5.73 Å². The summed E-state index contributed by atoms with van der Waals surface area (Å²) in [5.41, 5.74) is 7.86. The maximum Gasteiger partial charge on any atom is 0.125 e. The Morgan fingerprint density at radius 3 is 2.62 bits per heavy atom. The summed E-state index contributed by atoms with van der Waals surface area (Å²) in [4.78, 5) is 0. The standard InChI is InChI=1S/C12H10BrFN2/c13-8-4-5-12(11(15)6-8)16-10-3-1-2-9(14)7-10/h1-7,16H,15H2. The van der Waals surface area contributed by atoms with Crippen molar-refractivity contribution in [3.63, 3.8) is 0 Å². The van der Waals surface area contributed by atoms with Gasteiger partial charge < -0.3 is 11.1 Å². The van der Waals surface area contributed by atoms with Crippen molar-refractivity contribution in [3.8, 4) is 0 Å². The van der Waals surface area contributed by atoms with Gasteiger partial charge in [0.15, 0.2) is 0 Å². The van der Waals surface area contributed by atoms with Crippen molar-refractivity contribution in [2.24, 2.45) is 0 Å². The number of rotatable bonds is 2. The second-order valence-electron chi connectivity index (χ2n) is 3.37. The molecule has 82 valence electrons. The number of nitrogens with two attached hydrogens (primary N) is 1. The Balaban J connectivity index is 2.27. The van der Waals surface area contributed by atoms with Crippen LogP contribution in [0.15, 0.2) is 46.9 Å². The summed E-state index contributed by atoms with van der Waals surface area (Å²) in [6.07, 6.45) is 0. The second-order valence-corrected chi connectivity index (χ2v) is 4.28. The van der Waals surface area contributed by atoms with E-state index in [1.54, 1.807) is 18.2 Å². The van der Waals surface area contributed by atoms with Gasteiger partial charge >= 0.3 is 0 Å². The highest BCUT2D eigenvalue weighted by molar-refractivity contribution is 9.10. The minimum atomic E-state index is -0.277. The number of hydrogen-bond donors (Lipinski definition) is 2. The Labute approximate surface area is 101 Å². The van der Waals surface area contributed by atoms with Crippen molar-refractivity contribution in [2.45, 2.75) is 0 Å². The summed E-state index contributed by atoms with van der Waals surface area (Å²) in [5.74, 6) is -0.277. The number of nitrogen functional groups attached to an aromatic ring is 1. The van der Waals surface area contributed by atoms with Crippen LogP contribution in [0.5, 0.6) is 0 Å². The number of nitrogens with one attached hydrogen (secondary N) is 1. The van der Waals surface area contributed by atoms with Crippen LogP contribution in [-0.4, -0.2) is 0 Å². The third kappa shape index (κ3) is 2.52. The van der Waals surface area contributed by atoms with Crippen LogP contribution >= 0.6 is 15.9 Å². The fourth-order valence-electron chi connectivity index (χ4n) is 1.37. The van der Waals surface area contributed by atoms with Gasteiger partial charge in [0.05, 0.1) is 11.4 Å². The lowest BCUT2D eigenvalue weighted by Crippen LogP contribution is -1.96. The quantitative estimate of drug-likeness (QED) is 0.819. The monoisotopic (exact) mass is 280 g/mol. The van der Waals surface area contributed by atoms with Gasteiger partial charge in [0.2, 0.25) is 0 Å². The van der Waals surface area contributed by atoms with E-state index in [2.05, 4.69) is 21.2 Å². The van der Waals surface area contributed by atoms with Crippen molar-refractivity contribution in [3.05, 3.63) is 52.8 Å². The van der Waals surface area contributed by atoms with Gasteiger partial charge in [-0.3, -0.25) is 0 Å². The minimum absolute atomic E-state index is 0.277. The van der Waals surface area contributed by atoms with E-state index in [1.807, 2.05) is 12.1 Å². The topological polar surface area (TPSA) is 38.0 Å². The van der Waals surface area contributed by atoms with E-state index in [0.717, 1.165) is 10.2 Å². The van der Waals surface area contributed by atoms with Crippen molar-refractivity contribution >= 4 is 33.0 Å². The fraction of sp³-hybridized carbons (Fsp3) is 0. The van der Waals surface area contributed by atoms with E-state index < -0.39 is 0 Å². The molecule has 0 saturated heterocycles. The van der Waals surface area contributed by atoms with Crippen LogP contribution in [-0.2, 0) is 0 Å². The van der Waals surface area contributed by atoms with Crippen LogP contribution in [0.2, 0.25) is 0 Å². The molecule has 0 aliphatic heterocycles. The molecule has 0 radical (unpaired) electrons. The Kier molecular flexibility index (Phi) is 3.10. The molecule has 0 saturated carbocycles. The first-order valence-corrected chi connectivity index (χ1v) is 5.52. The molecule has 16 heavy (non-hydrogen) atoms. The molecule has 0 heterocycles. The van der Waals surface area contributed by atoms with Gasteiger partial charge in [-0.05, 0) is 36.4 Å². The van der Waals surface area contributed by atoms with Crippen molar-refractivity contribution in [1.29, 1.82) is 0 Å². The fourth-order valence-corrected chi connectivity index (χ4v) is 1.75. The van der Waals surface area contributed by atoms with Gasteiger partial charge in [0.25, 0.3) is 0 Å². The molecule has 0 spiro atoms. The largest absolute Gasteiger partial charge is 0.397 e. The lowest BCUT2D eigenvalue weighted by molar-refractivity contribution is 0.628. The molecule has 0 aliphatic rings. The van der Waals surface area contributed by atoms with Gasteiger partial charge in [0, 0.05) is 10.2 Å². The first kappa shape index (κ1) is 11.0. The van der Waals surface area contributed by atoms with E-state index >= 15 is 0 Å². The Morgan fingerprint density at radius 2 is 1.94 bits per heavy atom. The number of hydrogen-bond acceptors (Lipinski definition) is 2. The lowest BCUT2D eigenvalue weighted by atomic mass is 10.2. The second kappa shape index (κ2) is 4.53. The molecule has 3 N–H and O–H groups in total. The zero-order valence-electron chi connectivity index (χ0n) is 8.37. The molecule has 0 amide bonds. The maximum atomic E-state index is 13.0. The third-order valence-electron chi connectivity index (χ3n) is 2.12. The lowest BCUT2D eigenvalue weighted by Gasteiger charge is -2.09. The van der Waals surface area contributed by atoms with Crippen molar-refractivity contribution in [1.82, 2.24) is 0 Å². The predicted octanol–water partition coefficient (Wildman–Crippen LogP) is 3.91. The van der Waals surface area contributed by atoms with Crippen molar-refractivity contribution in [2.75, 3.05) is 11.1 Å². The molecular weight excluding hydrogens is 271 g/mol. The zero-order valence-corrected chi connectivity index (χ0v) is 9.96. The van der Waals surface area contributed by atoms with Gasteiger partial charge in [-0.2, -0.15) is 0 Å². The molecule has 4 heteroatoms. The van der Waals surface area contributed by atoms with Crippen LogP contribution < -0.4 is 11.1 Å². The first-order chi connectivity index (χ1) is 7.65. The van der Waals surface area contributed by atoms with Crippen LogP contribution in [0.3, 0.4) is 0 Å². The van der Waals surface area contributed by atoms with Gasteiger partial charge in [0.1, 0.15) is 5.82 Å². The van der Waals surface area contributed by atoms with E-state index in [9.17, 15) is 4.39 Å². The highest BCUT2D eigenvalue weighted by Crippen LogP contribution is 2.26. The Hall–Kier alpha value is -1.55. The minimum Gasteiger partial charge on any atom is -0.397 e. The average molecular weight is 281 g/mol. The smallest absolute Gasteiger partial charge is 0.125 e. The molecule has 0 aromatic heterocycles. The van der Waals surface area contributed by atoms with Crippen molar-refractivity contribution < 1.29 is 4.39 Å². The summed E-state index contributed by atoms with van der Waals surface area (Å²) < 4.78 is 13.9.